The Balaban J connectivity index is 1.46. The Hall–Kier alpha value is -2.96. The van der Waals surface area contributed by atoms with Crippen LogP contribution in [0.3, 0.4) is 0 Å². The summed E-state index contributed by atoms with van der Waals surface area (Å²) in [7, 11) is -2.38. The van der Waals surface area contributed by atoms with Crippen LogP contribution in [0.4, 0.5) is 5.69 Å². The normalized spacial score (nSPS) is 17.8. The van der Waals surface area contributed by atoms with Gasteiger partial charge in [0.25, 0.3) is 11.8 Å². The first-order valence-electron chi connectivity index (χ1n) is 9.84. The predicted octanol–water partition coefficient (Wildman–Crippen LogP) is 0.886. The maximum Gasteiger partial charge on any atom is 0.350 e. The van der Waals surface area contributed by atoms with Gasteiger partial charge in [-0.15, -0.1) is 11.3 Å². The molecule has 10 nitrogen and oxygen atoms in total. The van der Waals surface area contributed by atoms with Crippen LogP contribution in [0.5, 0.6) is 5.75 Å². The van der Waals surface area contributed by atoms with Crippen molar-refractivity contribution in [3.63, 3.8) is 0 Å². The number of fused-ring (bicyclic) bond motifs is 1. The molecular weight excluding hydrogens is 458 g/mol. The summed E-state index contributed by atoms with van der Waals surface area (Å²) in [5.74, 6) is -1.52. The lowest BCUT2D eigenvalue weighted by molar-refractivity contribution is -0.128. The minimum atomic E-state index is -3.84. The van der Waals surface area contributed by atoms with E-state index in [-0.39, 0.29) is 22.4 Å². The number of nitrogens with zero attached hydrogens (tertiary/aromatic N) is 1. The van der Waals surface area contributed by atoms with Gasteiger partial charge in [0, 0.05) is 13.1 Å². The van der Waals surface area contributed by atoms with E-state index >= 15 is 0 Å². The van der Waals surface area contributed by atoms with Crippen molar-refractivity contribution in [2.75, 3.05) is 25.1 Å². The number of thiophene rings is 1. The minimum Gasteiger partial charge on any atom is -0.477 e. The van der Waals surface area contributed by atoms with Gasteiger partial charge in [-0.1, -0.05) is 12.1 Å². The van der Waals surface area contributed by atoms with Crippen LogP contribution in [-0.2, 0) is 24.3 Å². The van der Waals surface area contributed by atoms with E-state index in [1.54, 1.807) is 24.3 Å². The molecule has 4 rings (SSSR count). The van der Waals surface area contributed by atoms with Crippen molar-refractivity contribution in [1.29, 1.82) is 0 Å². The number of carbonyl (C=O) groups is 3. The molecule has 1 aliphatic carbocycles. The Kier molecular flexibility index (Phi) is 6.17. The number of amides is 2. The quantitative estimate of drug-likeness (QED) is 0.564. The molecule has 1 saturated carbocycles. The number of likely N-dealkylation sites (N-methyl/N-ethyl adjacent to an activating group) is 1. The number of ether oxygens (including phenoxy) is 2. The first kappa shape index (κ1) is 22.2. The first-order valence-corrected chi connectivity index (χ1v) is 12.2. The molecule has 1 aromatic carbocycles. The second kappa shape index (κ2) is 8.88. The summed E-state index contributed by atoms with van der Waals surface area (Å²) in [5.41, 5.74) is 0.446. The summed E-state index contributed by atoms with van der Waals surface area (Å²) in [4.78, 5) is 38.5. The number of hydrogen-bond acceptors (Lipinski definition) is 8. The maximum absolute atomic E-state index is 12.9. The third kappa shape index (κ3) is 4.61. The third-order valence-corrected chi connectivity index (χ3v) is 7.53. The van der Waals surface area contributed by atoms with Crippen LogP contribution in [0.25, 0.3) is 0 Å². The van der Waals surface area contributed by atoms with Gasteiger partial charge in [0.1, 0.15) is 15.5 Å². The number of carbonyl (C=O) groups excluding carboxylic acids is 3. The number of rotatable bonds is 7. The van der Waals surface area contributed by atoms with E-state index in [2.05, 4.69) is 10.0 Å². The largest absolute Gasteiger partial charge is 0.477 e. The molecule has 0 radical (unpaired) electrons. The number of benzene rings is 1. The van der Waals surface area contributed by atoms with E-state index in [4.69, 9.17) is 9.47 Å². The zero-order chi connectivity index (χ0) is 22.9. The summed E-state index contributed by atoms with van der Waals surface area (Å²) >= 11 is 0.924. The molecule has 1 atom stereocenters. The fourth-order valence-electron chi connectivity index (χ4n) is 3.18. The van der Waals surface area contributed by atoms with Crippen molar-refractivity contribution < 1.29 is 32.3 Å². The number of anilines is 1. The molecule has 0 saturated heterocycles. The average Bonchev–Trinajstić information content (AvgIpc) is 3.44. The zero-order valence-electron chi connectivity index (χ0n) is 17.1. The van der Waals surface area contributed by atoms with Gasteiger partial charge in [-0.25, -0.2) is 17.9 Å². The van der Waals surface area contributed by atoms with Gasteiger partial charge in [0.2, 0.25) is 10.0 Å². The van der Waals surface area contributed by atoms with E-state index in [0.29, 0.717) is 11.4 Å². The molecule has 170 valence electrons. The van der Waals surface area contributed by atoms with Crippen LogP contribution < -0.4 is 19.7 Å². The molecule has 12 heteroatoms. The lowest BCUT2D eigenvalue weighted by Gasteiger charge is -2.33. The van der Waals surface area contributed by atoms with Gasteiger partial charge >= 0.3 is 5.97 Å². The standard InChI is InChI=1S/C20H21N3O7S2/c1-21-19(25)15-10-23(13-4-2-3-5-14(13)30-15)17(24)11-29-20(26)18-16(8-9-31-18)32(27,28)22-12-6-7-12/h2-5,8-9,12,15,22H,6-7,10-11H2,1H3,(H,21,25). The summed E-state index contributed by atoms with van der Waals surface area (Å²) in [6.45, 7) is -0.682. The molecule has 0 bridgehead atoms. The molecular formula is C20H21N3O7S2. The van der Waals surface area contributed by atoms with Gasteiger partial charge in [-0.05, 0) is 36.4 Å². The third-order valence-electron chi connectivity index (χ3n) is 4.94. The highest BCUT2D eigenvalue weighted by molar-refractivity contribution is 7.89. The molecule has 1 unspecified atom stereocenters. The SMILES string of the molecule is CNC(=O)C1CN(C(=O)COC(=O)c2sccc2S(=O)(=O)NC2CC2)c2ccccc2O1. The molecule has 32 heavy (non-hydrogen) atoms. The Bertz CT molecular complexity index is 1160. The number of sulfonamides is 1. The minimum absolute atomic E-state index is 0.0585. The summed E-state index contributed by atoms with van der Waals surface area (Å²) in [6, 6.07) is 7.93. The highest BCUT2D eigenvalue weighted by Crippen LogP contribution is 2.33. The van der Waals surface area contributed by atoms with Crippen LogP contribution in [0.2, 0.25) is 0 Å². The topological polar surface area (TPSA) is 131 Å². The smallest absolute Gasteiger partial charge is 0.350 e. The molecule has 2 aliphatic rings. The van der Waals surface area contributed by atoms with E-state index in [9.17, 15) is 22.8 Å². The van der Waals surface area contributed by atoms with Crippen molar-refractivity contribution in [2.45, 2.75) is 29.9 Å². The molecule has 1 aliphatic heterocycles. The van der Waals surface area contributed by atoms with Crippen molar-refractivity contribution in [2.24, 2.45) is 0 Å². The van der Waals surface area contributed by atoms with Gasteiger partial charge in [-0.2, -0.15) is 0 Å². The highest BCUT2D eigenvalue weighted by atomic mass is 32.2. The van der Waals surface area contributed by atoms with Crippen LogP contribution in [0, 0.1) is 0 Å². The average molecular weight is 480 g/mol. The molecule has 0 spiro atoms. The first-order chi connectivity index (χ1) is 15.3. The Morgan fingerprint density at radius 3 is 2.69 bits per heavy atom. The van der Waals surface area contributed by atoms with E-state index in [0.717, 1.165) is 24.2 Å². The van der Waals surface area contributed by atoms with Crippen LogP contribution in [-0.4, -0.2) is 58.5 Å². The molecule has 2 heterocycles. The van der Waals surface area contributed by atoms with Gasteiger partial charge in [-0.3, -0.25) is 9.59 Å². The maximum atomic E-state index is 12.9. The highest BCUT2D eigenvalue weighted by Gasteiger charge is 2.35. The van der Waals surface area contributed by atoms with Gasteiger partial charge in [0.15, 0.2) is 12.7 Å². The fraction of sp³-hybridized carbons (Fsp3) is 0.350. The van der Waals surface area contributed by atoms with E-state index in [1.165, 1.54) is 23.4 Å². The molecule has 2 amide bonds. The monoisotopic (exact) mass is 479 g/mol. The van der Waals surface area contributed by atoms with Crippen LogP contribution in [0.15, 0.2) is 40.6 Å². The summed E-state index contributed by atoms with van der Waals surface area (Å²) in [6.07, 6.45) is 0.600. The van der Waals surface area contributed by atoms with Crippen molar-refractivity contribution in [3.8, 4) is 5.75 Å². The van der Waals surface area contributed by atoms with E-state index < -0.39 is 40.5 Å². The number of hydrogen-bond donors (Lipinski definition) is 2. The van der Waals surface area contributed by atoms with Gasteiger partial charge < -0.3 is 19.7 Å². The second-order valence-corrected chi connectivity index (χ2v) is 9.88. The zero-order valence-corrected chi connectivity index (χ0v) is 18.7. The molecule has 2 aromatic rings. The molecule has 1 aromatic heterocycles. The summed E-state index contributed by atoms with van der Waals surface area (Å²) < 4.78 is 38.3. The number of para-hydroxylation sites is 2. The van der Waals surface area contributed by atoms with E-state index in [1.807, 2.05) is 0 Å². The lowest BCUT2D eigenvalue weighted by Crippen LogP contribution is -2.51. The predicted molar refractivity (Wildman–Crippen MR) is 115 cm³/mol. The van der Waals surface area contributed by atoms with Crippen LogP contribution >= 0.6 is 11.3 Å². The Morgan fingerprint density at radius 1 is 1.22 bits per heavy atom. The Labute approximate surface area is 188 Å². The molecule has 2 N–H and O–H groups in total. The fourth-order valence-corrected chi connectivity index (χ4v) is 5.80. The van der Waals surface area contributed by atoms with Crippen LogP contribution in [0.1, 0.15) is 22.5 Å². The number of nitrogens with one attached hydrogen (secondary N) is 2. The van der Waals surface area contributed by atoms with Crippen molar-refractivity contribution in [1.82, 2.24) is 10.0 Å². The van der Waals surface area contributed by atoms with Crippen molar-refractivity contribution in [3.05, 3.63) is 40.6 Å². The second-order valence-electron chi connectivity index (χ2n) is 7.28. The van der Waals surface area contributed by atoms with Crippen molar-refractivity contribution >= 4 is 44.8 Å². The molecule has 1 fully saturated rings. The van der Waals surface area contributed by atoms with Gasteiger partial charge in [0.05, 0.1) is 12.2 Å². The Morgan fingerprint density at radius 2 is 1.97 bits per heavy atom. The lowest BCUT2D eigenvalue weighted by atomic mass is 10.1. The summed E-state index contributed by atoms with van der Waals surface area (Å²) in [5, 5.41) is 3.96. The number of esters is 1.